The van der Waals surface area contributed by atoms with Crippen molar-refractivity contribution in [2.75, 3.05) is 19.6 Å². The first kappa shape index (κ1) is 14.7. The zero-order valence-corrected chi connectivity index (χ0v) is 13.2. The predicted octanol–water partition coefficient (Wildman–Crippen LogP) is 1.51. The zero-order valence-electron chi connectivity index (χ0n) is 11.6. The normalized spacial score (nSPS) is 21.8. The van der Waals surface area contributed by atoms with Gasteiger partial charge in [-0.25, -0.2) is 4.98 Å². The largest absolute Gasteiger partial charge is 0.391 e. The summed E-state index contributed by atoms with van der Waals surface area (Å²) in [7, 11) is 0. The van der Waals surface area contributed by atoms with Crippen LogP contribution in [0.15, 0.2) is 34.9 Å². The van der Waals surface area contributed by atoms with Gasteiger partial charge in [0, 0.05) is 30.0 Å². The number of hydrogen-bond acceptors (Lipinski definition) is 4. The molecule has 1 saturated heterocycles. The van der Waals surface area contributed by atoms with E-state index in [0.717, 1.165) is 34.6 Å². The van der Waals surface area contributed by atoms with Crippen LogP contribution in [0.5, 0.6) is 0 Å². The van der Waals surface area contributed by atoms with Crippen LogP contribution in [-0.2, 0) is 6.54 Å². The fourth-order valence-corrected chi connectivity index (χ4v) is 2.80. The first-order valence-electron chi connectivity index (χ1n) is 7.11. The van der Waals surface area contributed by atoms with Crippen molar-refractivity contribution in [3.05, 3.63) is 40.8 Å². The molecule has 21 heavy (non-hydrogen) atoms. The highest BCUT2D eigenvalue weighted by atomic mass is 79.9. The summed E-state index contributed by atoms with van der Waals surface area (Å²) in [6.07, 6.45) is 1.61. The van der Waals surface area contributed by atoms with Gasteiger partial charge in [0.25, 0.3) is 0 Å². The summed E-state index contributed by atoms with van der Waals surface area (Å²) in [6.45, 7) is 3.04. The molecule has 6 heteroatoms. The average molecular weight is 351 g/mol. The van der Waals surface area contributed by atoms with Crippen LogP contribution in [0.2, 0.25) is 0 Å². The SMILES string of the molecule is OC1CNCC1CNCc1ncc(-c2ccc(Br)cc2)[nH]1. The number of aromatic nitrogens is 2. The molecule has 2 unspecified atom stereocenters. The summed E-state index contributed by atoms with van der Waals surface area (Å²) in [4.78, 5) is 7.71. The van der Waals surface area contributed by atoms with E-state index in [1.54, 1.807) is 0 Å². The average Bonchev–Trinajstić information content (AvgIpc) is 3.10. The third-order valence-corrected chi connectivity index (χ3v) is 4.32. The number of hydrogen-bond donors (Lipinski definition) is 4. The maximum Gasteiger partial charge on any atom is 0.120 e. The standard InChI is InChI=1S/C15H19BrN4O/c16-12-3-1-10(2-4-12)13-7-19-15(20-13)9-18-6-11-5-17-8-14(11)21/h1-4,7,11,14,17-18,21H,5-6,8-9H2,(H,19,20). The smallest absolute Gasteiger partial charge is 0.120 e. The Morgan fingerprint density at radius 3 is 2.81 bits per heavy atom. The van der Waals surface area contributed by atoms with Crippen LogP contribution in [0, 0.1) is 5.92 Å². The number of benzene rings is 1. The van der Waals surface area contributed by atoms with Crippen LogP contribution in [0.4, 0.5) is 0 Å². The van der Waals surface area contributed by atoms with Gasteiger partial charge in [0.1, 0.15) is 5.82 Å². The zero-order chi connectivity index (χ0) is 14.7. The van der Waals surface area contributed by atoms with Gasteiger partial charge in [-0.3, -0.25) is 0 Å². The number of nitrogens with zero attached hydrogens (tertiary/aromatic N) is 1. The molecule has 0 aliphatic carbocycles. The van der Waals surface area contributed by atoms with Crippen molar-refractivity contribution in [3.63, 3.8) is 0 Å². The van der Waals surface area contributed by atoms with E-state index in [9.17, 15) is 5.11 Å². The number of aliphatic hydroxyl groups excluding tert-OH is 1. The minimum Gasteiger partial charge on any atom is -0.391 e. The van der Waals surface area contributed by atoms with Gasteiger partial charge >= 0.3 is 0 Å². The second kappa shape index (κ2) is 6.70. The van der Waals surface area contributed by atoms with Crippen molar-refractivity contribution >= 4 is 15.9 Å². The van der Waals surface area contributed by atoms with Gasteiger partial charge in [-0.2, -0.15) is 0 Å². The molecule has 5 nitrogen and oxygen atoms in total. The number of aromatic amines is 1. The molecule has 1 aliphatic heterocycles. The van der Waals surface area contributed by atoms with Crippen molar-refractivity contribution in [2.45, 2.75) is 12.6 Å². The molecule has 1 fully saturated rings. The third-order valence-electron chi connectivity index (χ3n) is 3.79. The maximum absolute atomic E-state index is 9.73. The first-order chi connectivity index (χ1) is 10.2. The van der Waals surface area contributed by atoms with E-state index < -0.39 is 0 Å². The predicted molar refractivity (Wildman–Crippen MR) is 85.8 cm³/mol. The molecule has 112 valence electrons. The van der Waals surface area contributed by atoms with Crippen molar-refractivity contribution in [2.24, 2.45) is 5.92 Å². The molecule has 4 N–H and O–H groups in total. The van der Waals surface area contributed by atoms with E-state index >= 15 is 0 Å². The topological polar surface area (TPSA) is 73.0 Å². The fraction of sp³-hybridized carbons (Fsp3) is 0.400. The lowest BCUT2D eigenvalue weighted by Gasteiger charge is -2.13. The number of nitrogens with one attached hydrogen (secondary N) is 3. The van der Waals surface area contributed by atoms with Crippen LogP contribution in [0.25, 0.3) is 11.3 Å². The molecule has 0 amide bonds. The minimum atomic E-state index is -0.243. The Balaban J connectivity index is 1.54. The van der Waals surface area contributed by atoms with Gasteiger partial charge in [-0.05, 0) is 17.7 Å². The highest BCUT2D eigenvalue weighted by Crippen LogP contribution is 2.19. The van der Waals surface area contributed by atoms with Crippen molar-refractivity contribution in [3.8, 4) is 11.3 Å². The number of rotatable bonds is 5. The van der Waals surface area contributed by atoms with Gasteiger partial charge in [-0.15, -0.1) is 0 Å². The Hall–Kier alpha value is -1.21. The Bertz CT molecular complexity index is 584. The second-order valence-electron chi connectivity index (χ2n) is 5.37. The molecule has 1 aliphatic rings. The molecule has 3 rings (SSSR count). The van der Waals surface area contributed by atoms with Crippen LogP contribution in [0.3, 0.4) is 0 Å². The van der Waals surface area contributed by atoms with Crippen LogP contribution in [-0.4, -0.2) is 40.8 Å². The molecular weight excluding hydrogens is 332 g/mol. The van der Waals surface area contributed by atoms with E-state index in [1.165, 1.54) is 0 Å². The highest BCUT2D eigenvalue weighted by Gasteiger charge is 2.24. The lowest BCUT2D eigenvalue weighted by atomic mass is 10.1. The monoisotopic (exact) mass is 350 g/mol. The van der Waals surface area contributed by atoms with Crippen LogP contribution in [0.1, 0.15) is 5.82 Å². The van der Waals surface area contributed by atoms with Crippen LogP contribution < -0.4 is 10.6 Å². The van der Waals surface area contributed by atoms with Gasteiger partial charge in [0.05, 0.1) is 24.5 Å². The summed E-state index contributed by atoms with van der Waals surface area (Å²) >= 11 is 3.43. The molecule has 0 bridgehead atoms. The van der Waals surface area contributed by atoms with Crippen LogP contribution >= 0.6 is 15.9 Å². The van der Waals surface area contributed by atoms with E-state index in [0.29, 0.717) is 13.1 Å². The molecule has 2 atom stereocenters. The Kier molecular flexibility index (Phi) is 4.70. The highest BCUT2D eigenvalue weighted by molar-refractivity contribution is 9.10. The molecule has 0 spiro atoms. The Labute approximate surface area is 132 Å². The van der Waals surface area contributed by atoms with Crippen molar-refractivity contribution in [1.29, 1.82) is 0 Å². The Morgan fingerprint density at radius 2 is 2.10 bits per heavy atom. The minimum absolute atomic E-state index is 0.243. The summed E-state index contributed by atoms with van der Waals surface area (Å²) < 4.78 is 1.07. The first-order valence-corrected chi connectivity index (χ1v) is 7.91. The maximum atomic E-state index is 9.73. The molecule has 1 aromatic carbocycles. The van der Waals surface area contributed by atoms with E-state index in [1.807, 2.05) is 18.3 Å². The lowest BCUT2D eigenvalue weighted by molar-refractivity contribution is 0.146. The Morgan fingerprint density at radius 1 is 1.29 bits per heavy atom. The van der Waals surface area contributed by atoms with E-state index in [2.05, 4.69) is 48.7 Å². The van der Waals surface area contributed by atoms with E-state index in [-0.39, 0.29) is 12.0 Å². The van der Waals surface area contributed by atoms with Crippen molar-refractivity contribution < 1.29 is 5.11 Å². The molecule has 2 heterocycles. The van der Waals surface area contributed by atoms with Gasteiger partial charge in [-0.1, -0.05) is 28.1 Å². The number of H-pyrrole nitrogens is 1. The van der Waals surface area contributed by atoms with Gasteiger partial charge in [0.15, 0.2) is 0 Å². The second-order valence-corrected chi connectivity index (χ2v) is 6.28. The number of imidazole rings is 1. The number of halogens is 1. The van der Waals surface area contributed by atoms with Gasteiger partial charge < -0.3 is 20.7 Å². The summed E-state index contributed by atoms with van der Waals surface area (Å²) in [6, 6.07) is 8.13. The molecule has 0 radical (unpaired) electrons. The third kappa shape index (κ3) is 3.71. The molecule has 1 aromatic heterocycles. The lowest BCUT2D eigenvalue weighted by Crippen LogP contribution is -2.30. The number of β-amino-alcohol motifs (C(OH)–C–C–N with tert-alkyl or cyclic N) is 1. The van der Waals surface area contributed by atoms with Gasteiger partial charge in [0.2, 0.25) is 0 Å². The summed E-state index contributed by atoms with van der Waals surface area (Å²) in [5.41, 5.74) is 2.13. The van der Waals surface area contributed by atoms with Crippen molar-refractivity contribution in [1.82, 2.24) is 20.6 Å². The summed E-state index contributed by atoms with van der Waals surface area (Å²) in [5, 5.41) is 16.3. The quantitative estimate of drug-likeness (QED) is 0.659. The fourth-order valence-electron chi connectivity index (χ4n) is 2.53. The molecular formula is C15H19BrN4O. The van der Waals surface area contributed by atoms with E-state index in [4.69, 9.17) is 0 Å². The summed E-state index contributed by atoms with van der Waals surface area (Å²) in [5.74, 6) is 1.19. The molecule has 2 aromatic rings. The molecule has 0 saturated carbocycles. The number of aliphatic hydroxyl groups is 1.